The van der Waals surface area contributed by atoms with Gasteiger partial charge in [0.25, 0.3) is 0 Å². The minimum Gasteiger partial charge on any atom is -0.493 e. The van der Waals surface area contributed by atoms with Crippen LogP contribution in [0.5, 0.6) is 11.5 Å². The summed E-state index contributed by atoms with van der Waals surface area (Å²) in [5, 5.41) is 9.46. The minimum atomic E-state index is -0.250. The molecule has 1 saturated heterocycles. The molecule has 21 heavy (non-hydrogen) atoms. The van der Waals surface area contributed by atoms with Crippen molar-refractivity contribution in [1.29, 1.82) is 0 Å². The van der Waals surface area contributed by atoms with Gasteiger partial charge in [0.2, 0.25) is 5.91 Å². The first-order valence-electron chi connectivity index (χ1n) is 7.30. The van der Waals surface area contributed by atoms with Crippen LogP contribution in [0.15, 0.2) is 18.2 Å². The number of piperidine rings is 1. The maximum atomic E-state index is 12.1. The number of methoxy groups -OCH3 is 2. The number of rotatable bonds is 5. The predicted molar refractivity (Wildman–Crippen MR) is 79.7 cm³/mol. The van der Waals surface area contributed by atoms with Crippen LogP contribution in [0.4, 0.5) is 0 Å². The number of aryl methyl sites for hydroxylation is 1. The zero-order valence-corrected chi connectivity index (χ0v) is 12.7. The van der Waals surface area contributed by atoms with E-state index < -0.39 is 0 Å². The molecule has 0 saturated carbocycles. The number of nitrogens with zero attached hydrogens (tertiary/aromatic N) is 1. The van der Waals surface area contributed by atoms with Crippen molar-refractivity contribution < 1.29 is 19.4 Å². The van der Waals surface area contributed by atoms with Crippen LogP contribution in [0.2, 0.25) is 0 Å². The number of aliphatic hydroxyl groups excluding tert-OH is 1. The van der Waals surface area contributed by atoms with Gasteiger partial charge in [-0.3, -0.25) is 4.79 Å². The molecule has 5 heteroatoms. The molecule has 1 heterocycles. The molecule has 1 N–H and O–H groups in total. The van der Waals surface area contributed by atoms with Gasteiger partial charge in [-0.25, -0.2) is 0 Å². The molecule has 0 spiro atoms. The molecule has 1 aliphatic heterocycles. The van der Waals surface area contributed by atoms with E-state index in [-0.39, 0.29) is 12.0 Å². The summed E-state index contributed by atoms with van der Waals surface area (Å²) in [6.45, 7) is 1.32. The van der Waals surface area contributed by atoms with Crippen molar-refractivity contribution in [3.63, 3.8) is 0 Å². The lowest BCUT2D eigenvalue weighted by atomic mass is 10.1. The molecule has 0 bridgehead atoms. The Kier molecular flexibility index (Phi) is 5.44. The monoisotopic (exact) mass is 293 g/mol. The number of amides is 1. The maximum Gasteiger partial charge on any atom is 0.222 e. The minimum absolute atomic E-state index is 0.150. The molecule has 5 nitrogen and oxygen atoms in total. The topological polar surface area (TPSA) is 59.0 Å². The third-order valence-electron chi connectivity index (χ3n) is 3.89. The van der Waals surface area contributed by atoms with E-state index in [4.69, 9.17) is 9.47 Å². The second-order valence-corrected chi connectivity index (χ2v) is 5.30. The first-order valence-corrected chi connectivity index (χ1v) is 7.30. The van der Waals surface area contributed by atoms with E-state index in [2.05, 4.69) is 0 Å². The summed E-state index contributed by atoms with van der Waals surface area (Å²) >= 11 is 0. The smallest absolute Gasteiger partial charge is 0.222 e. The Morgan fingerprint density at radius 3 is 2.52 bits per heavy atom. The Hall–Kier alpha value is -1.75. The number of aliphatic hydroxyl groups is 1. The lowest BCUT2D eigenvalue weighted by Crippen LogP contribution is -2.40. The van der Waals surface area contributed by atoms with E-state index in [9.17, 15) is 9.90 Å². The summed E-state index contributed by atoms with van der Waals surface area (Å²) < 4.78 is 10.5. The van der Waals surface area contributed by atoms with E-state index in [0.717, 1.165) is 5.56 Å². The molecule has 0 unspecified atom stereocenters. The summed E-state index contributed by atoms with van der Waals surface area (Å²) in [6.07, 6.45) is 2.27. The van der Waals surface area contributed by atoms with Crippen molar-refractivity contribution in [2.24, 2.45) is 0 Å². The lowest BCUT2D eigenvalue weighted by molar-refractivity contribution is -0.133. The Bertz CT molecular complexity index is 481. The van der Waals surface area contributed by atoms with Gasteiger partial charge in [-0.2, -0.15) is 0 Å². The SMILES string of the molecule is COc1ccc(CCC(=O)N2CCC(O)CC2)cc1OC. The molecule has 0 atom stereocenters. The average Bonchev–Trinajstić information content (AvgIpc) is 2.52. The molecule has 2 rings (SSSR count). The fraction of sp³-hybridized carbons (Fsp3) is 0.562. The van der Waals surface area contributed by atoms with Gasteiger partial charge in [-0.1, -0.05) is 6.07 Å². The van der Waals surface area contributed by atoms with Crippen molar-refractivity contribution >= 4 is 5.91 Å². The fourth-order valence-electron chi connectivity index (χ4n) is 2.56. The normalized spacial score (nSPS) is 15.9. The van der Waals surface area contributed by atoms with Crippen LogP contribution in [-0.4, -0.2) is 49.3 Å². The quantitative estimate of drug-likeness (QED) is 0.896. The molecule has 0 radical (unpaired) electrons. The van der Waals surface area contributed by atoms with Crippen LogP contribution in [0.25, 0.3) is 0 Å². The van der Waals surface area contributed by atoms with Gasteiger partial charge in [-0.05, 0) is 37.0 Å². The highest BCUT2D eigenvalue weighted by Gasteiger charge is 2.20. The maximum absolute atomic E-state index is 12.1. The van der Waals surface area contributed by atoms with Crippen LogP contribution < -0.4 is 9.47 Å². The van der Waals surface area contributed by atoms with E-state index >= 15 is 0 Å². The van der Waals surface area contributed by atoms with Crippen molar-refractivity contribution in [3.8, 4) is 11.5 Å². The average molecular weight is 293 g/mol. The zero-order valence-electron chi connectivity index (χ0n) is 12.7. The Balaban J connectivity index is 1.89. The van der Waals surface area contributed by atoms with Crippen molar-refractivity contribution in [3.05, 3.63) is 23.8 Å². The molecule has 116 valence electrons. The van der Waals surface area contributed by atoms with Gasteiger partial charge in [0.15, 0.2) is 11.5 Å². The summed E-state index contributed by atoms with van der Waals surface area (Å²) in [6, 6.07) is 5.72. The van der Waals surface area contributed by atoms with Gasteiger partial charge < -0.3 is 19.5 Å². The molecule has 0 aromatic heterocycles. The summed E-state index contributed by atoms with van der Waals surface area (Å²) in [5.74, 6) is 1.53. The third kappa shape index (κ3) is 4.11. The first-order chi connectivity index (χ1) is 10.1. The molecular formula is C16H23NO4. The van der Waals surface area contributed by atoms with E-state index in [1.54, 1.807) is 14.2 Å². The van der Waals surface area contributed by atoms with Crippen LogP contribution in [-0.2, 0) is 11.2 Å². The largest absolute Gasteiger partial charge is 0.493 e. The first kappa shape index (κ1) is 15.6. The number of ether oxygens (including phenoxy) is 2. The van der Waals surface area contributed by atoms with E-state index in [1.165, 1.54) is 0 Å². The van der Waals surface area contributed by atoms with Crippen LogP contribution in [0.1, 0.15) is 24.8 Å². The van der Waals surface area contributed by atoms with Gasteiger partial charge in [0, 0.05) is 19.5 Å². The Morgan fingerprint density at radius 1 is 1.24 bits per heavy atom. The van der Waals surface area contributed by atoms with E-state index in [0.29, 0.717) is 50.3 Å². The zero-order chi connectivity index (χ0) is 15.2. The molecule has 1 aliphatic rings. The number of carbonyl (C=O) groups is 1. The number of likely N-dealkylation sites (tertiary alicyclic amines) is 1. The van der Waals surface area contributed by atoms with Gasteiger partial charge in [-0.15, -0.1) is 0 Å². The number of carbonyl (C=O) groups excluding carboxylic acids is 1. The second kappa shape index (κ2) is 7.31. The molecule has 1 aromatic rings. The van der Waals surface area contributed by atoms with Crippen LogP contribution in [0.3, 0.4) is 0 Å². The van der Waals surface area contributed by atoms with E-state index in [1.807, 2.05) is 23.1 Å². The number of hydrogen-bond acceptors (Lipinski definition) is 4. The van der Waals surface area contributed by atoms with Gasteiger partial charge >= 0.3 is 0 Å². The van der Waals surface area contributed by atoms with Gasteiger partial charge in [0.1, 0.15) is 0 Å². The summed E-state index contributed by atoms with van der Waals surface area (Å²) in [4.78, 5) is 14.0. The highest BCUT2D eigenvalue weighted by molar-refractivity contribution is 5.76. The van der Waals surface area contributed by atoms with Crippen LogP contribution in [0, 0.1) is 0 Å². The van der Waals surface area contributed by atoms with Crippen molar-refractivity contribution in [2.45, 2.75) is 31.8 Å². The molecule has 1 fully saturated rings. The number of hydrogen-bond donors (Lipinski definition) is 1. The highest BCUT2D eigenvalue weighted by atomic mass is 16.5. The van der Waals surface area contributed by atoms with Crippen LogP contribution >= 0.6 is 0 Å². The van der Waals surface area contributed by atoms with Gasteiger partial charge in [0.05, 0.1) is 20.3 Å². The molecule has 0 aliphatic carbocycles. The number of benzene rings is 1. The lowest BCUT2D eigenvalue weighted by Gasteiger charge is -2.29. The standard InChI is InChI=1S/C16H23NO4/c1-20-14-5-3-12(11-15(14)21-2)4-6-16(19)17-9-7-13(18)8-10-17/h3,5,11,13,18H,4,6-10H2,1-2H3. The molecule has 1 amide bonds. The second-order valence-electron chi connectivity index (χ2n) is 5.30. The van der Waals surface area contributed by atoms with Crippen molar-refractivity contribution in [1.82, 2.24) is 4.90 Å². The predicted octanol–water partition coefficient (Wildman–Crippen LogP) is 1.62. The molecule has 1 aromatic carbocycles. The molecular weight excluding hydrogens is 270 g/mol. The summed E-state index contributed by atoms with van der Waals surface area (Å²) in [7, 11) is 3.21. The third-order valence-corrected chi connectivity index (χ3v) is 3.89. The Morgan fingerprint density at radius 2 is 1.90 bits per heavy atom. The van der Waals surface area contributed by atoms with Crippen molar-refractivity contribution in [2.75, 3.05) is 27.3 Å². The fourth-order valence-corrected chi connectivity index (χ4v) is 2.56. The Labute approximate surface area is 125 Å². The highest BCUT2D eigenvalue weighted by Crippen LogP contribution is 2.28. The summed E-state index contributed by atoms with van der Waals surface area (Å²) in [5.41, 5.74) is 1.05.